The van der Waals surface area contributed by atoms with Gasteiger partial charge in [0, 0.05) is 42.5 Å². The molecule has 7 heteroatoms. The first-order valence-electron chi connectivity index (χ1n) is 9.51. The number of aliphatic hydroxyl groups excluding tert-OH is 2. The van der Waals surface area contributed by atoms with Crippen LogP contribution in [0, 0.1) is 0 Å². The number of anilines is 1. The van der Waals surface area contributed by atoms with Gasteiger partial charge in [0.1, 0.15) is 10.6 Å². The second-order valence-electron chi connectivity index (χ2n) is 6.79. The zero-order valence-corrected chi connectivity index (χ0v) is 16.1. The fraction of sp³-hybridized carbons (Fsp3) is 0.450. The van der Waals surface area contributed by atoms with Gasteiger partial charge in [-0.15, -0.1) is 11.3 Å². The van der Waals surface area contributed by atoms with Gasteiger partial charge in [-0.3, -0.25) is 4.98 Å². The number of rotatable bonds is 7. The molecule has 0 radical (unpaired) electrons. The van der Waals surface area contributed by atoms with E-state index in [2.05, 4.69) is 9.88 Å². The minimum absolute atomic E-state index is 0.0471. The predicted octanol–water partition coefficient (Wildman–Crippen LogP) is 2.81. The van der Waals surface area contributed by atoms with Crippen LogP contribution in [0.2, 0.25) is 0 Å². The number of hydrogen-bond acceptors (Lipinski definition) is 7. The lowest BCUT2D eigenvalue weighted by atomic mass is 9.97. The average molecular weight is 385 g/mol. The number of aromatic nitrogens is 3. The Morgan fingerprint density at radius 3 is 2.74 bits per heavy atom. The Bertz CT molecular complexity index is 913. The number of pyridine rings is 1. The van der Waals surface area contributed by atoms with E-state index >= 15 is 0 Å². The SMILES string of the molecule is OCCCN(CCO)c1nc(-c2cccnc2)nc2sc3c(c12)CCCC3. The van der Waals surface area contributed by atoms with Gasteiger partial charge < -0.3 is 15.1 Å². The van der Waals surface area contributed by atoms with Gasteiger partial charge in [0.25, 0.3) is 0 Å². The van der Waals surface area contributed by atoms with Crippen LogP contribution in [0.5, 0.6) is 0 Å². The van der Waals surface area contributed by atoms with Crippen molar-refractivity contribution < 1.29 is 10.2 Å². The van der Waals surface area contributed by atoms with Crippen LogP contribution in [0.25, 0.3) is 21.6 Å². The third kappa shape index (κ3) is 3.67. The minimum atomic E-state index is 0.0471. The Morgan fingerprint density at radius 2 is 1.96 bits per heavy atom. The zero-order chi connectivity index (χ0) is 18.6. The van der Waals surface area contributed by atoms with Crippen LogP contribution in [0.4, 0.5) is 5.82 Å². The van der Waals surface area contributed by atoms with Crippen molar-refractivity contribution >= 4 is 27.4 Å². The lowest BCUT2D eigenvalue weighted by molar-refractivity contribution is 0.281. The summed E-state index contributed by atoms with van der Waals surface area (Å²) in [5.41, 5.74) is 2.26. The third-order valence-corrected chi connectivity index (χ3v) is 6.16. The van der Waals surface area contributed by atoms with E-state index in [-0.39, 0.29) is 13.2 Å². The molecule has 3 aromatic heterocycles. The van der Waals surface area contributed by atoms with E-state index in [1.165, 1.54) is 23.3 Å². The largest absolute Gasteiger partial charge is 0.396 e. The molecule has 0 saturated heterocycles. The van der Waals surface area contributed by atoms with E-state index in [0.717, 1.165) is 34.4 Å². The molecular weight excluding hydrogens is 360 g/mol. The van der Waals surface area contributed by atoms with Crippen molar-refractivity contribution in [3.05, 3.63) is 35.0 Å². The first-order chi connectivity index (χ1) is 13.3. The van der Waals surface area contributed by atoms with Gasteiger partial charge in [-0.2, -0.15) is 0 Å². The van der Waals surface area contributed by atoms with Crippen molar-refractivity contribution in [3.8, 4) is 11.4 Å². The molecule has 4 rings (SSSR count). The second kappa shape index (κ2) is 8.29. The van der Waals surface area contributed by atoms with Crippen molar-refractivity contribution in [3.63, 3.8) is 0 Å². The topological polar surface area (TPSA) is 82.4 Å². The van der Waals surface area contributed by atoms with Crippen molar-refractivity contribution in [2.24, 2.45) is 0 Å². The van der Waals surface area contributed by atoms with Crippen LogP contribution >= 0.6 is 11.3 Å². The number of aryl methyl sites for hydroxylation is 2. The number of hydrogen-bond donors (Lipinski definition) is 2. The van der Waals surface area contributed by atoms with E-state index in [1.807, 2.05) is 12.1 Å². The summed E-state index contributed by atoms with van der Waals surface area (Å²) in [6.45, 7) is 1.31. The maximum absolute atomic E-state index is 9.59. The molecule has 1 aliphatic carbocycles. The van der Waals surface area contributed by atoms with Gasteiger partial charge >= 0.3 is 0 Å². The van der Waals surface area contributed by atoms with Gasteiger partial charge in [0.2, 0.25) is 0 Å². The van der Waals surface area contributed by atoms with Gasteiger partial charge in [-0.05, 0) is 49.8 Å². The molecule has 3 heterocycles. The standard InChI is InChI=1S/C20H24N4O2S/c25-11-4-9-24(10-12-26)19-17-15-6-1-2-7-16(15)27-20(17)23-18(22-19)14-5-3-8-21-13-14/h3,5,8,13,25-26H,1-2,4,6-7,9-12H2. The summed E-state index contributed by atoms with van der Waals surface area (Å²) < 4.78 is 0. The summed E-state index contributed by atoms with van der Waals surface area (Å²) in [6.07, 6.45) is 8.75. The smallest absolute Gasteiger partial charge is 0.164 e. The molecule has 0 aromatic carbocycles. The highest BCUT2D eigenvalue weighted by molar-refractivity contribution is 7.19. The molecular formula is C20H24N4O2S. The molecule has 142 valence electrons. The summed E-state index contributed by atoms with van der Waals surface area (Å²) in [5, 5.41) is 20.0. The van der Waals surface area contributed by atoms with E-state index in [9.17, 15) is 10.2 Å². The molecule has 1 aliphatic rings. The Hall–Kier alpha value is -2.09. The van der Waals surface area contributed by atoms with Gasteiger partial charge in [-0.1, -0.05) is 0 Å². The first-order valence-corrected chi connectivity index (χ1v) is 10.3. The highest BCUT2D eigenvalue weighted by Crippen LogP contribution is 2.40. The number of nitrogens with zero attached hydrogens (tertiary/aromatic N) is 4. The summed E-state index contributed by atoms with van der Waals surface area (Å²) in [7, 11) is 0. The van der Waals surface area contributed by atoms with Crippen molar-refractivity contribution in [2.75, 3.05) is 31.2 Å². The molecule has 0 spiro atoms. The van der Waals surface area contributed by atoms with Gasteiger partial charge in [0.15, 0.2) is 5.82 Å². The lowest BCUT2D eigenvalue weighted by Crippen LogP contribution is -2.29. The Balaban J connectivity index is 1.90. The minimum Gasteiger partial charge on any atom is -0.396 e. The normalized spacial score (nSPS) is 13.7. The molecule has 0 atom stereocenters. The van der Waals surface area contributed by atoms with Crippen molar-refractivity contribution in [1.82, 2.24) is 15.0 Å². The Kier molecular flexibility index (Phi) is 5.61. The van der Waals surface area contributed by atoms with Crippen LogP contribution in [0.15, 0.2) is 24.5 Å². The highest BCUT2D eigenvalue weighted by Gasteiger charge is 2.24. The van der Waals surface area contributed by atoms with E-state index in [0.29, 0.717) is 25.3 Å². The average Bonchev–Trinajstić information content (AvgIpc) is 3.09. The van der Waals surface area contributed by atoms with Gasteiger partial charge in [-0.25, -0.2) is 9.97 Å². The zero-order valence-electron chi connectivity index (χ0n) is 15.3. The molecule has 2 N–H and O–H groups in total. The summed E-state index contributed by atoms with van der Waals surface area (Å²) in [5.74, 6) is 1.54. The molecule has 0 saturated carbocycles. The molecule has 0 fully saturated rings. The predicted molar refractivity (Wildman–Crippen MR) is 108 cm³/mol. The maximum atomic E-state index is 9.59. The molecule has 3 aromatic rings. The van der Waals surface area contributed by atoms with E-state index in [1.54, 1.807) is 23.7 Å². The molecule has 0 amide bonds. The number of aliphatic hydroxyl groups is 2. The lowest BCUT2D eigenvalue weighted by Gasteiger charge is -2.24. The van der Waals surface area contributed by atoms with E-state index in [4.69, 9.17) is 9.97 Å². The summed E-state index contributed by atoms with van der Waals surface area (Å²) >= 11 is 1.77. The van der Waals surface area contributed by atoms with Gasteiger partial charge in [0.05, 0.1) is 12.0 Å². The van der Waals surface area contributed by atoms with Crippen LogP contribution in [-0.2, 0) is 12.8 Å². The van der Waals surface area contributed by atoms with Crippen LogP contribution in [0.3, 0.4) is 0 Å². The number of fused-ring (bicyclic) bond motifs is 3. The van der Waals surface area contributed by atoms with E-state index < -0.39 is 0 Å². The quantitative estimate of drug-likeness (QED) is 0.652. The molecule has 27 heavy (non-hydrogen) atoms. The molecule has 0 unspecified atom stereocenters. The maximum Gasteiger partial charge on any atom is 0.164 e. The Labute approximate surface area is 162 Å². The highest BCUT2D eigenvalue weighted by atomic mass is 32.1. The van der Waals surface area contributed by atoms with Crippen LogP contribution in [-0.4, -0.2) is 51.5 Å². The van der Waals surface area contributed by atoms with Crippen molar-refractivity contribution in [1.29, 1.82) is 0 Å². The second-order valence-corrected chi connectivity index (χ2v) is 7.88. The summed E-state index contributed by atoms with van der Waals surface area (Å²) in [4.78, 5) is 18.5. The Morgan fingerprint density at radius 1 is 1.07 bits per heavy atom. The van der Waals surface area contributed by atoms with Crippen LogP contribution in [0.1, 0.15) is 29.7 Å². The fourth-order valence-corrected chi connectivity index (χ4v) is 4.95. The van der Waals surface area contributed by atoms with Crippen LogP contribution < -0.4 is 4.90 Å². The third-order valence-electron chi connectivity index (χ3n) is 4.97. The fourth-order valence-electron chi connectivity index (χ4n) is 3.70. The molecule has 6 nitrogen and oxygen atoms in total. The number of thiophene rings is 1. The summed E-state index contributed by atoms with van der Waals surface area (Å²) in [6, 6.07) is 3.86. The molecule has 0 bridgehead atoms. The molecule has 0 aliphatic heterocycles. The monoisotopic (exact) mass is 384 g/mol. The first kappa shape index (κ1) is 18.3. The van der Waals surface area contributed by atoms with Crippen molar-refractivity contribution in [2.45, 2.75) is 32.1 Å².